The fourth-order valence-corrected chi connectivity index (χ4v) is 2.78. The number of nitrogens with zero attached hydrogens (tertiary/aromatic N) is 1. The second-order valence-corrected chi connectivity index (χ2v) is 5.71. The van der Waals surface area contributed by atoms with E-state index in [9.17, 15) is 0 Å². The van der Waals surface area contributed by atoms with Gasteiger partial charge in [-0.05, 0) is 55.1 Å². The Labute approximate surface area is 132 Å². The van der Waals surface area contributed by atoms with Crippen molar-refractivity contribution in [1.29, 1.82) is 0 Å². The number of ether oxygens (including phenoxy) is 1. The number of rotatable bonds is 5. The third-order valence-electron chi connectivity index (χ3n) is 4.21. The maximum absolute atomic E-state index is 5.83. The summed E-state index contributed by atoms with van der Waals surface area (Å²) < 4.78 is 5.83. The van der Waals surface area contributed by atoms with Gasteiger partial charge in [0.25, 0.3) is 0 Å². The van der Waals surface area contributed by atoms with Crippen molar-refractivity contribution in [2.75, 3.05) is 24.5 Å². The molecule has 0 atom stereocenters. The van der Waals surface area contributed by atoms with Crippen molar-refractivity contribution in [3.63, 3.8) is 0 Å². The first-order valence-electron chi connectivity index (χ1n) is 7.90. The van der Waals surface area contributed by atoms with Crippen LogP contribution in [0.1, 0.15) is 18.4 Å². The molecule has 3 heteroatoms. The van der Waals surface area contributed by atoms with Gasteiger partial charge in [-0.15, -0.1) is 0 Å². The summed E-state index contributed by atoms with van der Waals surface area (Å²) in [5.74, 6) is 2.40. The van der Waals surface area contributed by atoms with Crippen LogP contribution in [0.5, 0.6) is 5.75 Å². The molecule has 1 aliphatic heterocycles. The Kier molecular flexibility index (Phi) is 4.96. The van der Waals surface area contributed by atoms with Crippen molar-refractivity contribution in [2.45, 2.75) is 19.4 Å². The average molecular weight is 295 g/mol. The molecule has 0 amide bonds. The molecule has 0 unspecified atom stereocenters. The van der Waals surface area contributed by atoms with E-state index < -0.39 is 0 Å². The lowest BCUT2D eigenvalue weighted by Gasteiger charge is -2.32. The molecule has 3 nitrogen and oxygen atoms in total. The summed E-state index contributed by atoms with van der Waals surface area (Å²) in [7, 11) is 0. The minimum absolute atomic E-state index is 0.610. The Bertz CT molecular complexity index is 560. The molecule has 22 heavy (non-hydrogen) atoms. The van der Waals surface area contributed by atoms with Crippen molar-refractivity contribution >= 4 is 5.69 Å². The SMILES string of the molecule is NC[C]1CCN(c2ccc(OCc3ccccc3)cc2)CC1. The summed E-state index contributed by atoms with van der Waals surface area (Å²) in [4.78, 5) is 2.42. The van der Waals surface area contributed by atoms with Gasteiger partial charge in [-0.25, -0.2) is 0 Å². The van der Waals surface area contributed by atoms with Crippen LogP contribution in [-0.4, -0.2) is 19.6 Å². The van der Waals surface area contributed by atoms with E-state index in [1.54, 1.807) is 0 Å². The lowest BCUT2D eigenvalue weighted by Crippen LogP contribution is -2.35. The minimum Gasteiger partial charge on any atom is -0.489 e. The summed E-state index contributed by atoms with van der Waals surface area (Å²) >= 11 is 0. The number of piperidine rings is 1. The predicted octanol–water partition coefficient (Wildman–Crippen LogP) is 3.40. The first-order chi connectivity index (χ1) is 10.8. The molecule has 1 radical (unpaired) electrons. The summed E-state index contributed by atoms with van der Waals surface area (Å²) in [5, 5.41) is 0. The second-order valence-electron chi connectivity index (χ2n) is 5.71. The van der Waals surface area contributed by atoms with Gasteiger partial charge in [0.1, 0.15) is 12.4 Å². The van der Waals surface area contributed by atoms with Crippen molar-refractivity contribution in [1.82, 2.24) is 0 Å². The molecule has 1 aliphatic rings. The van der Waals surface area contributed by atoms with E-state index in [0.29, 0.717) is 6.61 Å². The van der Waals surface area contributed by atoms with Crippen molar-refractivity contribution in [2.24, 2.45) is 5.73 Å². The number of anilines is 1. The lowest BCUT2D eigenvalue weighted by molar-refractivity contribution is 0.306. The first-order valence-corrected chi connectivity index (χ1v) is 7.90. The predicted molar refractivity (Wildman–Crippen MR) is 91.0 cm³/mol. The Morgan fingerprint density at radius 3 is 2.23 bits per heavy atom. The van der Waals surface area contributed by atoms with Gasteiger partial charge in [0.05, 0.1) is 0 Å². The van der Waals surface area contributed by atoms with E-state index in [4.69, 9.17) is 10.5 Å². The smallest absolute Gasteiger partial charge is 0.119 e. The molecule has 1 heterocycles. The van der Waals surface area contributed by atoms with Crippen LogP contribution in [0.4, 0.5) is 5.69 Å². The lowest BCUT2D eigenvalue weighted by atomic mass is 9.97. The third-order valence-corrected chi connectivity index (χ3v) is 4.21. The molecule has 3 rings (SSSR count). The molecule has 0 bridgehead atoms. The topological polar surface area (TPSA) is 38.5 Å². The highest BCUT2D eigenvalue weighted by Gasteiger charge is 2.18. The maximum Gasteiger partial charge on any atom is 0.119 e. The number of nitrogens with two attached hydrogens (primary N) is 1. The van der Waals surface area contributed by atoms with E-state index in [0.717, 1.165) is 38.2 Å². The Morgan fingerprint density at radius 1 is 0.909 bits per heavy atom. The zero-order chi connectivity index (χ0) is 15.2. The molecule has 0 spiro atoms. The van der Waals surface area contributed by atoms with Gasteiger partial charge in [-0.2, -0.15) is 0 Å². The van der Waals surface area contributed by atoms with Crippen molar-refractivity contribution in [3.8, 4) is 5.75 Å². The number of hydrogen-bond acceptors (Lipinski definition) is 3. The molecule has 0 aromatic heterocycles. The highest BCUT2D eigenvalue weighted by Crippen LogP contribution is 2.25. The fourth-order valence-electron chi connectivity index (χ4n) is 2.78. The monoisotopic (exact) mass is 295 g/mol. The van der Waals surface area contributed by atoms with Crippen LogP contribution in [0.15, 0.2) is 54.6 Å². The van der Waals surface area contributed by atoms with Crippen LogP contribution in [0.3, 0.4) is 0 Å². The largest absolute Gasteiger partial charge is 0.489 e. The molecule has 2 aromatic rings. The van der Waals surface area contributed by atoms with Crippen LogP contribution in [0.25, 0.3) is 0 Å². The standard InChI is InChI=1S/C19H23N2O/c20-14-16-10-12-21(13-11-16)18-6-8-19(9-7-18)22-15-17-4-2-1-3-5-17/h1-9H,10-15,20H2. The molecule has 1 saturated heterocycles. The summed E-state index contributed by atoms with van der Waals surface area (Å²) in [6, 6.07) is 18.6. The number of hydrogen-bond donors (Lipinski definition) is 1. The van der Waals surface area contributed by atoms with Crippen molar-refractivity contribution in [3.05, 3.63) is 66.1 Å². The van der Waals surface area contributed by atoms with Gasteiger partial charge < -0.3 is 15.4 Å². The third kappa shape index (κ3) is 3.80. The fraction of sp³-hybridized carbons (Fsp3) is 0.316. The zero-order valence-corrected chi connectivity index (χ0v) is 12.9. The molecular weight excluding hydrogens is 272 g/mol. The summed E-state index contributed by atoms with van der Waals surface area (Å²) in [5.41, 5.74) is 8.17. The van der Waals surface area contributed by atoms with Crippen LogP contribution in [0, 0.1) is 5.92 Å². The second kappa shape index (κ2) is 7.32. The van der Waals surface area contributed by atoms with Gasteiger partial charge >= 0.3 is 0 Å². The molecule has 2 aromatic carbocycles. The maximum atomic E-state index is 5.83. The molecule has 115 valence electrons. The average Bonchev–Trinajstić information content (AvgIpc) is 2.61. The van der Waals surface area contributed by atoms with Gasteiger partial charge in [0, 0.05) is 18.8 Å². The van der Waals surface area contributed by atoms with Crippen LogP contribution in [-0.2, 0) is 6.61 Å². The van der Waals surface area contributed by atoms with E-state index >= 15 is 0 Å². The summed E-state index contributed by atoms with van der Waals surface area (Å²) in [6.45, 7) is 3.48. The highest BCUT2D eigenvalue weighted by atomic mass is 16.5. The van der Waals surface area contributed by atoms with Gasteiger partial charge in [-0.1, -0.05) is 30.3 Å². The van der Waals surface area contributed by atoms with E-state index in [-0.39, 0.29) is 0 Å². The van der Waals surface area contributed by atoms with Crippen LogP contribution < -0.4 is 15.4 Å². The van der Waals surface area contributed by atoms with E-state index in [1.165, 1.54) is 17.2 Å². The van der Waals surface area contributed by atoms with E-state index in [2.05, 4.69) is 41.3 Å². The zero-order valence-electron chi connectivity index (χ0n) is 12.9. The van der Waals surface area contributed by atoms with Gasteiger partial charge in [0.2, 0.25) is 0 Å². The molecule has 0 aliphatic carbocycles. The number of benzene rings is 2. The van der Waals surface area contributed by atoms with E-state index in [1.807, 2.05) is 18.2 Å². The molecular formula is C19H23N2O. The molecule has 0 saturated carbocycles. The first kappa shape index (κ1) is 14.9. The Morgan fingerprint density at radius 2 is 1.59 bits per heavy atom. The Hall–Kier alpha value is -2.00. The normalized spacial score (nSPS) is 15.8. The van der Waals surface area contributed by atoms with Crippen LogP contribution in [0.2, 0.25) is 0 Å². The van der Waals surface area contributed by atoms with Gasteiger partial charge in [0.15, 0.2) is 0 Å². The van der Waals surface area contributed by atoms with Crippen LogP contribution >= 0.6 is 0 Å². The quantitative estimate of drug-likeness (QED) is 0.919. The highest BCUT2D eigenvalue weighted by molar-refractivity contribution is 5.49. The van der Waals surface area contributed by atoms with Gasteiger partial charge in [-0.3, -0.25) is 0 Å². The minimum atomic E-state index is 0.610. The summed E-state index contributed by atoms with van der Waals surface area (Å²) in [6.07, 6.45) is 2.23. The molecule has 1 fully saturated rings. The molecule has 2 N–H and O–H groups in total. The Balaban J connectivity index is 1.54. The van der Waals surface area contributed by atoms with Crippen molar-refractivity contribution < 1.29 is 4.74 Å².